The number of alkyl halides is 6. The highest BCUT2D eigenvalue weighted by Crippen LogP contribution is 2.36. The van der Waals surface area contributed by atoms with E-state index in [0.717, 1.165) is 0 Å². The van der Waals surface area contributed by atoms with Gasteiger partial charge in [0.05, 0.1) is 30.4 Å². The van der Waals surface area contributed by atoms with Crippen LogP contribution < -0.4 is 5.73 Å². The fourth-order valence-electron chi connectivity index (χ4n) is 2.35. The molecule has 0 aromatic heterocycles. The Hall–Kier alpha value is -2.57. The third-order valence-corrected chi connectivity index (χ3v) is 3.73. The first-order valence-corrected chi connectivity index (χ1v) is 7.57. The van der Waals surface area contributed by atoms with Crippen molar-refractivity contribution in [1.29, 1.82) is 5.26 Å². The van der Waals surface area contributed by atoms with E-state index in [1.54, 1.807) is 30.3 Å². The summed E-state index contributed by atoms with van der Waals surface area (Å²) in [5.41, 5.74) is 1.56. The van der Waals surface area contributed by atoms with E-state index in [1.807, 2.05) is 6.07 Å². The second-order valence-electron chi connectivity index (χ2n) is 5.86. The molecule has 27 heavy (non-hydrogen) atoms. The van der Waals surface area contributed by atoms with Gasteiger partial charge in [-0.1, -0.05) is 30.3 Å². The molecule has 2 aromatic carbocycles. The molecule has 0 unspecified atom stereocenters. The van der Waals surface area contributed by atoms with Crippen LogP contribution >= 0.6 is 0 Å². The van der Waals surface area contributed by atoms with Crippen LogP contribution in [0, 0.1) is 11.3 Å². The highest BCUT2D eigenvalue weighted by molar-refractivity contribution is 5.34. The summed E-state index contributed by atoms with van der Waals surface area (Å²) in [6, 6.07) is 11.1. The minimum atomic E-state index is -4.94. The quantitative estimate of drug-likeness (QED) is 0.761. The molecule has 0 aliphatic rings. The van der Waals surface area contributed by atoms with Crippen LogP contribution in [0.15, 0.2) is 48.5 Å². The summed E-state index contributed by atoms with van der Waals surface area (Å²) < 4.78 is 82.3. The Morgan fingerprint density at radius 3 is 1.81 bits per heavy atom. The van der Waals surface area contributed by atoms with Gasteiger partial charge in [0.15, 0.2) is 5.54 Å². The fraction of sp³-hybridized carbons (Fsp3) is 0.278. The third-order valence-electron chi connectivity index (χ3n) is 3.73. The SMILES string of the molecule is N#C[C@@](N)(COCc1cc(C(F)(F)F)cc(C(F)(F)F)c1)c1ccccc1. The second-order valence-corrected chi connectivity index (χ2v) is 5.86. The van der Waals surface area contributed by atoms with Crippen LogP contribution in [0.2, 0.25) is 0 Å². The molecule has 0 spiro atoms. The first-order valence-electron chi connectivity index (χ1n) is 7.57. The molecule has 9 heteroatoms. The summed E-state index contributed by atoms with van der Waals surface area (Å²) in [4.78, 5) is 0. The van der Waals surface area contributed by atoms with Crippen LogP contribution in [-0.4, -0.2) is 6.61 Å². The summed E-state index contributed by atoms with van der Waals surface area (Å²) in [5, 5.41) is 9.28. The van der Waals surface area contributed by atoms with E-state index in [-0.39, 0.29) is 11.6 Å². The van der Waals surface area contributed by atoms with E-state index in [1.165, 1.54) is 0 Å². The zero-order chi connectivity index (χ0) is 20.3. The molecule has 144 valence electrons. The molecule has 0 fully saturated rings. The zero-order valence-electron chi connectivity index (χ0n) is 13.7. The monoisotopic (exact) mass is 388 g/mol. The second kappa shape index (κ2) is 7.58. The van der Waals surface area contributed by atoms with Gasteiger partial charge >= 0.3 is 12.4 Å². The van der Waals surface area contributed by atoms with Gasteiger partial charge in [-0.15, -0.1) is 0 Å². The lowest BCUT2D eigenvalue weighted by molar-refractivity contribution is -0.143. The first kappa shape index (κ1) is 20.7. The van der Waals surface area contributed by atoms with Gasteiger partial charge in [0.1, 0.15) is 0 Å². The lowest BCUT2D eigenvalue weighted by Gasteiger charge is -2.22. The standard InChI is InChI=1S/C18H14F6N2O/c19-17(20,21)14-6-12(7-15(8-14)18(22,23)24)9-27-11-16(26,10-25)13-4-2-1-3-5-13/h1-8H,9,11,26H2/t16-/m1/s1. The van der Waals surface area contributed by atoms with Gasteiger partial charge in [-0.3, -0.25) is 0 Å². The third kappa shape index (κ3) is 5.21. The highest BCUT2D eigenvalue weighted by Gasteiger charge is 2.37. The smallest absolute Gasteiger partial charge is 0.373 e. The van der Waals surface area contributed by atoms with E-state index >= 15 is 0 Å². The summed E-state index contributed by atoms with van der Waals surface area (Å²) in [6.45, 7) is -0.981. The van der Waals surface area contributed by atoms with Crippen LogP contribution in [0.5, 0.6) is 0 Å². The van der Waals surface area contributed by atoms with Crippen LogP contribution in [0.4, 0.5) is 26.3 Å². The maximum atomic E-state index is 12.9. The molecule has 1 atom stereocenters. The van der Waals surface area contributed by atoms with E-state index in [4.69, 9.17) is 10.5 Å². The maximum Gasteiger partial charge on any atom is 0.416 e. The summed E-state index contributed by atoms with van der Waals surface area (Å²) in [6.07, 6.45) is -9.88. The Bertz CT molecular complexity index is 794. The van der Waals surface area contributed by atoms with E-state index in [9.17, 15) is 31.6 Å². The minimum absolute atomic E-state index is 0.0377. The number of rotatable bonds is 5. The summed E-state index contributed by atoms with van der Waals surface area (Å²) in [7, 11) is 0. The minimum Gasteiger partial charge on any atom is -0.373 e. The van der Waals surface area contributed by atoms with Gasteiger partial charge < -0.3 is 10.5 Å². The number of halogens is 6. The Morgan fingerprint density at radius 1 is 0.852 bits per heavy atom. The van der Waals surface area contributed by atoms with Crippen LogP contribution in [0.3, 0.4) is 0 Å². The zero-order valence-corrected chi connectivity index (χ0v) is 13.7. The molecule has 0 radical (unpaired) electrons. The average Bonchev–Trinajstić information content (AvgIpc) is 2.60. The average molecular weight is 388 g/mol. The molecule has 2 aromatic rings. The number of benzene rings is 2. The van der Waals surface area contributed by atoms with Crippen molar-refractivity contribution >= 4 is 0 Å². The maximum absolute atomic E-state index is 12.9. The fourth-order valence-corrected chi connectivity index (χ4v) is 2.35. The van der Waals surface area contributed by atoms with Crippen LogP contribution in [-0.2, 0) is 29.2 Å². The van der Waals surface area contributed by atoms with Gasteiger partial charge in [0.2, 0.25) is 0 Å². The van der Waals surface area contributed by atoms with Gasteiger partial charge in [-0.05, 0) is 29.3 Å². The molecular weight excluding hydrogens is 374 g/mol. The largest absolute Gasteiger partial charge is 0.416 e. The normalized spacial score (nSPS) is 14.4. The Morgan fingerprint density at radius 2 is 1.37 bits per heavy atom. The highest BCUT2D eigenvalue weighted by atomic mass is 19.4. The molecule has 0 saturated heterocycles. The van der Waals surface area contributed by atoms with Crippen molar-refractivity contribution < 1.29 is 31.1 Å². The number of nitrogens with zero attached hydrogens (tertiary/aromatic N) is 1. The Labute approximate surface area is 151 Å². The van der Waals surface area contributed by atoms with Crippen molar-refractivity contribution in [1.82, 2.24) is 0 Å². The van der Waals surface area contributed by atoms with E-state index in [0.29, 0.717) is 17.7 Å². The van der Waals surface area contributed by atoms with Crippen LogP contribution in [0.1, 0.15) is 22.3 Å². The number of hydrogen-bond donors (Lipinski definition) is 1. The molecule has 2 rings (SSSR count). The van der Waals surface area contributed by atoms with Gasteiger partial charge in [-0.25, -0.2) is 0 Å². The van der Waals surface area contributed by atoms with E-state index in [2.05, 4.69) is 0 Å². The molecule has 0 heterocycles. The van der Waals surface area contributed by atoms with Crippen molar-refractivity contribution in [2.45, 2.75) is 24.5 Å². The lowest BCUT2D eigenvalue weighted by atomic mass is 9.94. The number of nitrogens with two attached hydrogens (primary N) is 1. The van der Waals surface area contributed by atoms with Crippen molar-refractivity contribution in [3.05, 3.63) is 70.8 Å². The van der Waals surface area contributed by atoms with Gasteiger partial charge in [-0.2, -0.15) is 31.6 Å². The Balaban J connectivity index is 2.21. The molecule has 2 N–H and O–H groups in total. The van der Waals surface area contributed by atoms with Crippen molar-refractivity contribution in [2.75, 3.05) is 6.61 Å². The molecular formula is C18H14F6N2O. The predicted molar refractivity (Wildman–Crippen MR) is 84.0 cm³/mol. The first-order chi connectivity index (χ1) is 12.5. The number of hydrogen-bond acceptors (Lipinski definition) is 3. The topological polar surface area (TPSA) is 59.0 Å². The lowest BCUT2D eigenvalue weighted by Crippen LogP contribution is -2.39. The molecule has 0 aliphatic carbocycles. The number of ether oxygens (including phenoxy) is 1. The molecule has 0 saturated carbocycles. The van der Waals surface area contributed by atoms with Crippen LogP contribution in [0.25, 0.3) is 0 Å². The Kier molecular flexibility index (Phi) is 5.82. The molecule has 3 nitrogen and oxygen atoms in total. The summed E-state index contributed by atoms with van der Waals surface area (Å²) >= 11 is 0. The van der Waals surface area contributed by atoms with Crippen molar-refractivity contribution in [3.8, 4) is 6.07 Å². The van der Waals surface area contributed by atoms with Gasteiger partial charge in [0.25, 0.3) is 0 Å². The molecule has 0 aliphatic heterocycles. The van der Waals surface area contributed by atoms with Crippen molar-refractivity contribution in [3.63, 3.8) is 0 Å². The molecule has 0 amide bonds. The molecule has 0 bridgehead atoms. The van der Waals surface area contributed by atoms with Gasteiger partial charge in [0, 0.05) is 0 Å². The number of nitriles is 1. The van der Waals surface area contributed by atoms with E-state index < -0.39 is 42.2 Å². The summed E-state index contributed by atoms with van der Waals surface area (Å²) in [5.74, 6) is 0. The van der Waals surface area contributed by atoms with Crippen molar-refractivity contribution in [2.24, 2.45) is 5.73 Å². The predicted octanol–water partition coefficient (Wildman–Crippen LogP) is 4.62.